The van der Waals surface area contributed by atoms with Crippen molar-refractivity contribution in [3.05, 3.63) is 71.2 Å². The number of imide groups is 1. The van der Waals surface area contributed by atoms with E-state index in [4.69, 9.17) is 4.42 Å². The normalized spacial score (nSPS) is 19.3. The lowest BCUT2D eigenvalue weighted by molar-refractivity contribution is -0.130. The molecule has 0 saturated carbocycles. The van der Waals surface area contributed by atoms with Gasteiger partial charge in [0.2, 0.25) is 0 Å². The third kappa shape index (κ3) is 2.78. The van der Waals surface area contributed by atoms with Crippen molar-refractivity contribution in [3.63, 3.8) is 0 Å². The van der Waals surface area contributed by atoms with Gasteiger partial charge in [0.05, 0.1) is 6.54 Å². The van der Waals surface area contributed by atoms with Gasteiger partial charge in [0.1, 0.15) is 17.1 Å². The quantitative estimate of drug-likeness (QED) is 0.556. The number of Topliss-reactive ketones (excluding diaryl/α,β-unsaturated/α-hetero) is 1. The summed E-state index contributed by atoms with van der Waals surface area (Å²) < 4.78 is 5.51. The van der Waals surface area contributed by atoms with Gasteiger partial charge in [0.25, 0.3) is 5.91 Å². The lowest BCUT2D eigenvalue weighted by Crippen LogP contribution is -2.41. The molecule has 6 heteroatoms. The highest BCUT2D eigenvalue weighted by Gasteiger charge is 2.51. The van der Waals surface area contributed by atoms with Crippen molar-refractivity contribution in [2.45, 2.75) is 26.3 Å². The highest BCUT2D eigenvalue weighted by atomic mass is 16.3. The molecule has 1 unspecified atom stereocenters. The van der Waals surface area contributed by atoms with E-state index < -0.39 is 17.5 Å². The van der Waals surface area contributed by atoms with E-state index in [9.17, 15) is 14.4 Å². The molecule has 4 rings (SSSR count). The molecule has 2 heterocycles. The van der Waals surface area contributed by atoms with Gasteiger partial charge in [-0.1, -0.05) is 36.4 Å². The van der Waals surface area contributed by atoms with Crippen LogP contribution in [0.2, 0.25) is 0 Å². The van der Waals surface area contributed by atoms with Crippen molar-refractivity contribution in [2.24, 2.45) is 0 Å². The van der Waals surface area contributed by atoms with E-state index in [0.717, 1.165) is 15.7 Å². The molecule has 3 amide bonds. The van der Waals surface area contributed by atoms with E-state index in [1.54, 1.807) is 39.0 Å². The first-order valence-electron chi connectivity index (χ1n) is 9.03. The van der Waals surface area contributed by atoms with Crippen LogP contribution in [0.25, 0.3) is 10.8 Å². The first-order chi connectivity index (χ1) is 13.3. The van der Waals surface area contributed by atoms with Crippen LogP contribution in [0.15, 0.2) is 52.9 Å². The fourth-order valence-electron chi connectivity index (χ4n) is 3.75. The summed E-state index contributed by atoms with van der Waals surface area (Å²) in [6, 6.07) is 14.2. The van der Waals surface area contributed by atoms with Crippen molar-refractivity contribution in [3.8, 4) is 0 Å². The third-order valence-corrected chi connectivity index (χ3v) is 5.23. The van der Waals surface area contributed by atoms with Crippen LogP contribution in [-0.4, -0.2) is 29.2 Å². The fourth-order valence-corrected chi connectivity index (χ4v) is 3.75. The molecule has 6 nitrogen and oxygen atoms in total. The first kappa shape index (κ1) is 18.0. The molecule has 1 aliphatic heterocycles. The molecule has 1 fully saturated rings. The molecule has 1 aromatic heterocycles. The molecular formula is C22H20N2O4. The van der Waals surface area contributed by atoms with Crippen molar-refractivity contribution in [1.82, 2.24) is 10.2 Å². The second-order valence-electron chi connectivity index (χ2n) is 7.26. The zero-order valence-corrected chi connectivity index (χ0v) is 15.9. The summed E-state index contributed by atoms with van der Waals surface area (Å²) in [5.41, 5.74) is -0.185. The van der Waals surface area contributed by atoms with Gasteiger partial charge in [-0.2, -0.15) is 0 Å². The summed E-state index contributed by atoms with van der Waals surface area (Å²) in [7, 11) is 0. The van der Waals surface area contributed by atoms with Gasteiger partial charge in [0, 0.05) is 11.1 Å². The van der Waals surface area contributed by atoms with Crippen LogP contribution in [0.4, 0.5) is 4.79 Å². The van der Waals surface area contributed by atoms with Gasteiger partial charge in [-0.15, -0.1) is 0 Å². The average molecular weight is 376 g/mol. The summed E-state index contributed by atoms with van der Waals surface area (Å²) in [5, 5.41) is 4.66. The number of amides is 3. The number of hydrogen-bond donors (Lipinski definition) is 1. The second kappa shape index (κ2) is 6.34. The predicted molar refractivity (Wildman–Crippen MR) is 104 cm³/mol. The number of nitrogens with zero attached hydrogens (tertiary/aromatic N) is 1. The second-order valence-corrected chi connectivity index (χ2v) is 7.26. The van der Waals surface area contributed by atoms with Crippen LogP contribution >= 0.6 is 0 Å². The minimum Gasteiger partial charge on any atom is -0.466 e. The van der Waals surface area contributed by atoms with Crippen LogP contribution in [-0.2, 0) is 10.3 Å². The average Bonchev–Trinajstić information content (AvgIpc) is 3.12. The molecule has 0 spiro atoms. The Hall–Kier alpha value is -3.41. The molecule has 1 saturated heterocycles. The lowest BCUT2D eigenvalue weighted by atomic mass is 9.92. The Morgan fingerprint density at radius 1 is 1.07 bits per heavy atom. The van der Waals surface area contributed by atoms with Gasteiger partial charge in [-0.05, 0) is 43.7 Å². The lowest BCUT2D eigenvalue weighted by Gasteiger charge is -2.21. The Balaban J connectivity index is 1.60. The summed E-state index contributed by atoms with van der Waals surface area (Å²) in [5.74, 6) is 0.465. The number of urea groups is 1. The maximum absolute atomic E-state index is 13.0. The van der Waals surface area contributed by atoms with Crippen LogP contribution < -0.4 is 5.32 Å². The van der Waals surface area contributed by atoms with E-state index >= 15 is 0 Å². The van der Waals surface area contributed by atoms with Gasteiger partial charge >= 0.3 is 6.03 Å². The predicted octanol–water partition coefficient (Wildman–Crippen LogP) is 3.70. The van der Waals surface area contributed by atoms with Crippen LogP contribution in [0, 0.1) is 13.8 Å². The number of hydrogen-bond acceptors (Lipinski definition) is 4. The molecule has 0 bridgehead atoms. The zero-order chi connectivity index (χ0) is 20.1. The van der Waals surface area contributed by atoms with E-state index in [1.165, 1.54) is 0 Å². The Kier molecular flexibility index (Phi) is 4.07. The van der Waals surface area contributed by atoms with Crippen molar-refractivity contribution < 1.29 is 18.8 Å². The van der Waals surface area contributed by atoms with E-state index in [-0.39, 0.29) is 12.3 Å². The van der Waals surface area contributed by atoms with E-state index in [1.807, 2.05) is 30.3 Å². The zero-order valence-electron chi connectivity index (χ0n) is 15.9. The summed E-state index contributed by atoms with van der Waals surface area (Å²) in [4.78, 5) is 39.2. The van der Waals surface area contributed by atoms with Crippen molar-refractivity contribution in [2.75, 3.05) is 6.54 Å². The van der Waals surface area contributed by atoms with E-state index in [0.29, 0.717) is 22.6 Å². The number of rotatable bonds is 4. The highest BCUT2D eigenvalue weighted by Crippen LogP contribution is 2.33. The number of ketones is 1. The van der Waals surface area contributed by atoms with Gasteiger partial charge in [-0.25, -0.2) is 4.79 Å². The standard InChI is InChI=1S/C22H20N2O4/c1-13-10-18(14(2)28-13)22(3)20(26)24(21(27)23-22)12-19(25)17-9-8-15-6-4-5-7-16(15)11-17/h4-11H,12H2,1-3H3,(H,23,27). The number of nitrogens with one attached hydrogen (secondary N) is 1. The van der Waals surface area contributed by atoms with Gasteiger partial charge in [0.15, 0.2) is 5.78 Å². The number of furan rings is 1. The van der Waals surface area contributed by atoms with Gasteiger partial charge in [-0.3, -0.25) is 14.5 Å². The summed E-state index contributed by atoms with van der Waals surface area (Å²) in [6.07, 6.45) is 0. The monoisotopic (exact) mass is 376 g/mol. The first-order valence-corrected chi connectivity index (χ1v) is 9.03. The van der Waals surface area contributed by atoms with Gasteiger partial charge < -0.3 is 9.73 Å². The number of carbonyl (C=O) groups excluding carboxylic acids is 3. The van der Waals surface area contributed by atoms with Crippen molar-refractivity contribution >= 4 is 28.5 Å². The number of fused-ring (bicyclic) bond motifs is 1. The van der Waals surface area contributed by atoms with E-state index in [2.05, 4.69) is 5.32 Å². The van der Waals surface area contributed by atoms with Crippen molar-refractivity contribution in [1.29, 1.82) is 0 Å². The molecule has 0 radical (unpaired) electrons. The topological polar surface area (TPSA) is 79.6 Å². The summed E-state index contributed by atoms with van der Waals surface area (Å²) >= 11 is 0. The number of benzene rings is 2. The molecule has 1 aliphatic rings. The molecule has 1 atom stereocenters. The van der Waals surface area contributed by atoms with Crippen LogP contribution in [0.3, 0.4) is 0 Å². The molecule has 2 aromatic carbocycles. The number of aryl methyl sites for hydroxylation is 2. The largest absolute Gasteiger partial charge is 0.466 e. The SMILES string of the molecule is Cc1cc(C2(C)NC(=O)N(CC(=O)c3ccc4ccccc4c3)C2=O)c(C)o1. The number of carbonyl (C=O) groups is 3. The molecule has 1 N–H and O–H groups in total. The smallest absolute Gasteiger partial charge is 0.325 e. The minimum absolute atomic E-state index is 0.293. The minimum atomic E-state index is -1.25. The van der Waals surface area contributed by atoms with Crippen LogP contribution in [0.1, 0.15) is 34.4 Å². The Morgan fingerprint density at radius 3 is 2.46 bits per heavy atom. The highest BCUT2D eigenvalue weighted by molar-refractivity contribution is 6.11. The Bertz CT molecular complexity index is 1130. The molecular weight excluding hydrogens is 356 g/mol. The third-order valence-electron chi connectivity index (χ3n) is 5.23. The maximum Gasteiger partial charge on any atom is 0.325 e. The van der Waals surface area contributed by atoms with Crippen LogP contribution in [0.5, 0.6) is 0 Å². The fraction of sp³-hybridized carbons (Fsp3) is 0.227. The summed E-state index contributed by atoms with van der Waals surface area (Å²) in [6.45, 7) is 4.84. The molecule has 28 heavy (non-hydrogen) atoms. The molecule has 3 aromatic rings. The molecule has 142 valence electrons. The maximum atomic E-state index is 13.0. The Morgan fingerprint density at radius 2 is 1.79 bits per heavy atom. The molecule has 0 aliphatic carbocycles. The Labute approximate surface area is 162 Å².